The number of hydrogen-bond donors (Lipinski definition) is 1. The highest BCUT2D eigenvalue weighted by Crippen LogP contribution is 2.39. The zero-order valence-electron chi connectivity index (χ0n) is 11.2. The van der Waals surface area contributed by atoms with Gasteiger partial charge < -0.3 is 10.2 Å². The van der Waals surface area contributed by atoms with Gasteiger partial charge in [0.25, 0.3) is 0 Å². The maximum absolute atomic E-state index is 6.39. The standard InChI is InChI=1S/C13H16Cl2N4S/c1-2-16-6-8-3-4-19(7-8)13-10(15)5-9(14)11-12(13)18-20-17-11/h5,8,16H,2-4,6-7H2,1H3. The summed E-state index contributed by atoms with van der Waals surface area (Å²) in [6.45, 7) is 6.20. The largest absolute Gasteiger partial charge is 0.368 e. The molecule has 1 fully saturated rings. The molecule has 0 spiro atoms. The number of halogens is 2. The average Bonchev–Trinajstić information content (AvgIpc) is 3.05. The van der Waals surface area contributed by atoms with Crippen molar-refractivity contribution in [2.45, 2.75) is 13.3 Å². The molecule has 3 rings (SSSR count). The maximum Gasteiger partial charge on any atom is 0.131 e. The van der Waals surface area contributed by atoms with Crippen molar-refractivity contribution in [1.29, 1.82) is 0 Å². The second kappa shape index (κ2) is 6.02. The molecule has 1 aliphatic heterocycles. The van der Waals surface area contributed by atoms with Crippen LogP contribution in [0, 0.1) is 5.92 Å². The molecule has 0 bridgehead atoms. The molecule has 1 saturated heterocycles. The highest BCUT2D eigenvalue weighted by Gasteiger charge is 2.27. The number of nitrogens with one attached hydrogen (secondary N) is 1. The van der Waals surface area contributed by atoms with Crippen molar-refractivity contribution in [3.63, 3.8) is 0 Å². The summed E-state index contributed by atoms with van der Waals surface area (Å²) in [7, 11) is 0. The van der Waals surface area contributed by atoms with Crippen LogP contribution in [0.5, 0.6) is 0 Å². The van der Waals surface area contributed by atoms with Crippen molar-refractivity contribution >= 4 is 51.7 Å². The summed E-state index contributed by atoms with van der Waals surface area (Å²) < 4.78 is 8.64. The van der Waals surface area contributed by atoms with E-state index in [1.54, 1.807) is 6.07 Å². The quantitative estimate of drug-likeness (QED) is 0.932. The van der Waals surface area contributed by atoms with Gasteiger partial charge in [0.1, 0.15) is 11.0 Å². The van der Waals surface area contributed by atoms with Gasteiger partial charge >= 0.3 is 0 Å². The minimum Gasteiger partial charge on any atom is -0.368 e. The van der Waals surface area contributed by atoms with Gasteiger partial charge in [0.2, 0.25) is 0 Å². The van der Waals surface area contributed by atoms with Gasteiger partial charge in [-0.05, 0) is 31.5 Å². The van der Waals surface area contributed by atoms with Crippen LogP contribution in [0.4, 0.5) is 5.69 Å². The second-order valence-corrected chi connectivity index (χ2v) is 6.40. The van der Waals surface area contributed by atoms with Gasteiger partial charge in [-0.2, -0.15) is 8.75 Å². The van der Waals surface area contributed by atoms with Crippen LogP contribution < -0.4 is 10.2 Å². The van der Waals surface area contributed by atoms with Crippen molar-refractivity contribution in [2.24, 2.45) is 5.92 Å². The lowest BCUT2D eigenvalue weighted by molar-refractivity contribution is 0.528. The molecule has 1 aliphatic rings. The van der Waals surface area contributed by atoms with E-state index >= 15 is 0 Å². The fourth-order valence-corrected chi connectivity index (χ4v) is 3.94. The van der Waals surface area contributed by atoms with E-state index in [-0.39, 0.29) is 0 Å². The van der Waals surface area contributed by atoms with Gasteiger partial charge in [-0.25, -0.2) is 0 Å². The van der Waals surface area contributed by atoms with E-state index in [1.165, 1.54) is 18.1 Å². The summed E-state index contributed by atoms with van der Waals surface area (Å²) in [5.74, 6) is 0.656. The summed E-state index contributed by atoms with van der Waals surface area (Å²) in [5.41, 5.74) is 2.57. The van der Waals surface area contributed by atoms with Gasteiger partial charge in [0.15, 0.2) is 0 Å². The summed E-state index contributed by atoms with van der Waals surface area (Å²) in [6.07, 6.45) is 1.17. The van der Waals surface area contributed by atoms with Crippen LogP contribution in [0.15, 0.2) is 6.07 Å². The zero-order chi connectivity index (χ0) is 14.1. The van der Waals surface area contributed by atoms with Gasteiger partial charge in [-0.15, -0.1) is 0 Å². The number of anilines is 1. The number of rotatable bonds is 4. The van der Waals surface area contributed by atoms with Crippen LogP contribution in [0.1, 0.15) is 13.3 Å². The fraction of sp³-hybridized carbons (Fsp3) is 0.538. The van der Waals surface area contributed by atoms with Crippen molar-refractivity contribution in [3.8, 4) is 0 Å². The first-order valence-electron chi connectivity index (χ1n) is 6.76. The van der Waals surface area contributed by atoms with Crippen molar-refractivity contribution in [1.82, 2.24) is 14.1 Å². The Morgan fingerprint density at radius 3 is 2.95 bits per heavy atom. The van der Waals surface area contributed by atoms with Crippen LogP contribution in [0.3, 0.4) is 0 Å². The Morgan fingerprint density at radius 1 is 1.35 bits per heavy atom. The van der Waals surface area contributed by atoms with E-state index in [2.05, 4.69) is 25.9 Å². The van der Waals surface area contributed by atoms with Crippen LogP contribution >= 0.6 is 34.9 Å². The second-order valence-electron chi connectivity index (χ2n) is 5.06. The Labute approximate surface area is 132 Å². The molecule has 2 heterocycles. The number of hydrogen-bond acceptors (Lipinski definition) is 5. The average molecular weight is 331 g/mol. The predicted octanol–water partition coefficient (Wildman–Crippen LogP) is 3.43. The molecule has 0 amide bonds. The molecular formula is C13H16Cl2N4S. The number of aromatic nitrogens is 2. The van der Waals surface area contributed by atoms with Crippen LogP contribution in [-0.2, 0) is 0 Å². The monoisotopic (exact) mass is 330 g/mol. The molecule has 7 heteroatoms. The Morgan fingerprint density at radius 2 is 2.15 bits per heavy atom. The summed E-state index contributed by atoms with van der Waals surface area (Å²) in [5, 5.41) is 4.65. The van der Waals surface area contributed by atoms with Crippen LogP contribution in [0.2, 0.25) is 10.0 Å². The lowest BCUT2D eigenvalue weighted by atomic mass is 10.1. The lowest BCUT2D eigenvalue weighted by Crippen LogP contribution is -2.26. The molecule has 1 aromatic carbocycles. The highest BCUT2D eigenvalue weighted by atomic mass is 35.5. The minimum atomic E-state index is 0.575. The lowest BCUT2D eigenvalue weighted by Gasteiger charge is -2.20. The number of fused-ring (bicyclic) bond motifs is 1. The SMILES string of the molecule is CCNCC1CCN(c2c(Cl)cc(Cl)c3nsnc23)C1. The summed E-state index contributed by atoms with van der Waals surface area (Å²) >= 11 is 13.7. The van der Waals surface area contributed by atoms with Crippen molar-refractivity contribution in [2.75, 3.05) is 31.1 Å². The first kappa shape index (κ1) is 14.3. The van der Waals surface area contributed by atoms with E-state index in [9.17, 15) is 0 Å². The van der Waals surface area contributed by atoms with Gasteiger partial charge in [0.05, 0.1) is 27.5 Å². The third-order valence-corrected chi connectivity index (χ3v) is 4.81. The Kier molecular flexibility index (Phi) is 4.31. The third-order valence-electron chi connectivity index (χ3n) is 3.70. The molecule has 1 N–H and O–H groups in total. The molecule has 0 saturated carbocycles. The third kappa shape index (κ3) is 2.60. The topological polar surface area (TPSA) is 41.0 Å². The number of nitrogens with zero attached hydrogens (tertiary/aromatic N) is 3. The summed E-state index contributed by atoms with van der Waals surface area (Å²) in [6, 6.07) is 1.78. The van der Waals surface area contributed by atoms with E-state index < -0.39 is 0 Å². The van der Waals surface area contributed by atoms with Crippen LogP contribution in [0.25, 0.3) is 11.0 Å². The maximum atomic E-state index is 6.39. The minimum absolute atomic E-state index is 0.575. The van der Waals surface area contributed by atoms with Crippen molar-refractivity contribution in [3.05, 3.63) is 16.1 Å². The predicted molar refractivity (Wildman–Crippen MR) is 86.3 cm³/mol. The molecular weight excluding hydrogens is 315 g/mol. The molecule has 2 aromatic rings. The molecule has 1 atom stereocenters. The van der Waals surface area contributed by atoms with Crippen LogP contribution in [-0.4, -0.2) is 34.9 Å². The Balaban J connectivity index is 1.89. The van der Waals surface area contributed by atoms with E-state index in [4.69, 9.17) is 23.2 Å². The molecule has 1 aromatic heterocycles. The molecule has 0 aliphatic carbocycles. The number of benzene rings is 1. The molecule has 1 unspecified atom stereocenters. The molecule has 4 nitrogen and oxygen atoms in total. The first-order valence-corrected chi connectivity index (χ1v) is 8.25. The van der Waals surface area contributed by atoms with Gasteiger partial charge in [0, 0.05) is 13.1 Å². The van der Waals surface area contributed by atoms with E-state index in [0.717, 1.165) is 42.9 Å². The molecule has 0 radical (unpaired) electrons. The first-order chi connectivity index (χ1) is 9.70. The smallest absolute Gasteiger partial charge is 0.131 e. The van der Waals surface area contributed by atoms with Gasteiger partial charge in [-0.3, -0.25) is 0 Å². The van der Waals surface area contributed by atoms with E-state index in [0.29, 0.717) is 16.0 Å². The zero-order valence-corrected chi connectivity index (χ0v) is 13.5. The molecule has 20 heavy (non-hydrogen) atoms. The van der Waals surface area contributed by atoms with Gasteiger partial charge in [-0.1, -0.05) is 30.1 Å². The van der Waals surface area contributed by atoms with Crippen molar-refractivity contribution < 1.29 is 0 Å². The highest BCUT2D eigenvalue weighted by molar-refractivity contribution is 7.00. The van der Waals surface area contributed by atoms with E-state index in [1.807, 2.05) is 0 Å². The fourth-order valence-electron chi connectivity index (χ4n) is 2.71. The summed E-state index contributed by atoms with van der Waals surface area (Å²) in [4.78, 5) is 2.31. The Hall–Kier alpha value is -0.620. The molecule has 108 valence electrons. The normalized spacial score (nSPS) is 19.1. The Bertz CT molecular complexity index is 616.